The van der Waals surface area contributed by atoms with E-state index in [-0.39, 0.29) is 6.07 Å². The van der Waals surface area contributed by atoms with E-state index >= 15 is 0 Å². The summed E-state index contributed by atoms with van der Waals surface area (Å²) in [6.07, 6.45) is -10.6. The van der Waals surface area contributed by atoms with Gasteiger partial charge in [-0.05, 0) is 12.1 Å². The number of halogens is 7. The van der Waals surface area contributed by atoms with Crippen molar-refractivity contribution in [2.75, 3.05) is 0 Å². The number of hydrogen-bond donors (Lipinski definition) is 0. The van der Waals surface area contributed by atoms with Crippen molar-refractivity contribution in [1.29, 1.82) is 0 Å². The van der Waals surface area contributed by atoms with Crippen LogP contribution in [0, 0.1) is 5.82 Å². The first kappa shape index (κ1) is 11.8. The molecule has 15 heavy (non-hydrogen) atoms. The summed E-state index contributed by atoms with van der Waals surface area (Å²) in [5, 5.41) is 0. The molecule has 0 saturated carbocycles. The second kappa shape index (κ2) is 3.39. The molecule has 84 valence electrons. The van der Waals surface area contributed by atoms with Crippen molar-refractivity contribution in [2.24, 2.45) is 0 Å². The molecule has 1 rings (SSSR count). The van der Waals surface area contributed by atoms with Crippen LogP contribution in [0.4, 0.5) is 30.7 Å². The van der Waals surface area contributed by atoms with Crippen LogP contribution in [0.1, 0.15) is 11.1 Å². The molecular formula is C8H3F7. The van der Waals surface area contributed by atoms with Crippen LogP contribution in [0.5, 0.6) is 0 Å². The Morgan fingerprint density at radius 2 is 1.33 bits per heavy atom. The van der Waals surface area contributed by atoms with Gasteiger partial charge in [0.1, 0.15) is 11.4 Å². The Labute approximate surface area is 79.3 Å². The van der Waals surface area contributed by atoms with Gasteiger partial charge in [-0.25, -0.2) is 4.39 Å². The van der Waals surface area contributed by atoms with Gasteiger partial charge in [0, 0.05) is 0 Å². The number of hydrogen-bond acceptors (Lipinski definition) is 0. The van der Waals surface area contributed by atoms with Crippen LogP contribution >= 0.6 is 0 Å². The van der Waals surface area contributed by atoms with Crippen LogP contribution in [0.15, 0.2) is 18.2 Å². The van der Waals surface area contributed by atoms with Crippen molar-refractivity contribution in [3.05, 3.63) is 35.1 Å². The third-order valence-corrected chi connectivity index (χ3v) is 1.60. The lowest BCUT2D eigenvalue weighted by Crippen LogP contribution is -2.18. The van der Waals surface area contributed by atoms with Gasteiger partial charge in [0.05, 0.1) is 5.56 Å². The number of rotatable bonds is 0. The Balaban J connectivity index is 3.48. The Kier molecular flexibility index (Phi) is 2.67. The summed E-state index contributed by atoms with van der Waals surface area (Å²) in [6.45, 7) is 0. The van der Waals surface area contributed by atoms with Crippen LogP contribution in [0.2, 0.25) is 0 Å². The van der Waals surface area contributed by atoms with E-state index in [4.69, 9.17) is 0 Å². The Bertz CT molecular complexity index is 360. The van der Waals surface area contributed by atoms with Crippen molar-refractivity contribution in [2.45, 2.75) is 12.4 Å². The predicted octanol–water partition coefficient (Wildman–Crippen LogP) is 3.86. The summed E-state index contributed by atoms with van der Waals surface area (Å²) >= 11 is 0. The van der Waals surface area contributed by atoms with Gasteiger partial charge in [-0.1, -0.05) is 6.07 Å². The molecule has 0 unspecified atom stereocenters. The van der Waals surface area contributed by atoms with Crippen LogP contribution in [-0.4, -0.2) is 0 Å². The molecule has 0 bridgehead atoms. The highest BCUT2D eigenvalue weighted by molar-refractivity contribution is 5.33. The molecule has 0 atom stereocenters. The van der Waals surface area contributed by atoms with E-state index < -0.39 is 29.3 Å². The molecule has 7 heteroatoms. The Morgan fingerprint density at radius 1 is 0.800 bits per heavy atom. The van der Waals surface area contributed by atoms with Crippen LogP contribution in [0.25, 0.3) is 0 Å². The smallest absolute Gasteiger partial charge is 0.206 e. The van der Waals surface area contributed by atoms with E-state index in [1.54, 1.807) is 0 Å². The lowest BCUT2D eigenvalue weighted by Gasteiger charge is -2.15. The van der Waals surface area contributed by atoms with Gasteiger partial charge >= 0.3 is 12.4 Å². The summed E-state index contributed by atoms with van der Waals surface area (Å²) in [6, 6.07) is 1.09. The maximum absolute atomic E-state index is 12.7. The van der Waals surface area contributed by atoms with Gasteiger partial charge in [-0.3, -0.25) is 0 Å². The zero-order valence-electron chi connectivity index (χ0n) is 6.88. The first-order valence-corrected chi connectivity index (χ1v) is 3.57. The summed E-state index contributed by atoms with van der Waals surface area (Å²) in [5.74, 6) is -1.93. The molecule has 0 aliphatic carbocycles. The van der Waals surface area contributed by atoms with E-state index in [9.17, 15) is 30.7 Å². The van der Waals surface area contributed by atoms with Crippen LogP contribution in [-0.2, 0) is 12.4 Å². The summed E-state index contributed by atoms with van der Waals surface area (Å²) in [5.41, 5.74) is -4.30. The summed E-state index contributed by atoms with van der Waals surface area (Å²) in [7, 11) is 0. The van der Waals surface area contributed by atoms with Gasteiger partial charge in [-0.15, -0.1) is 0 Å². The SMILES string of the molecule is Fc1cccc(C(F)(F)F)c1C(F)(F)F. The minimum atomic E-state index is -5.36. The maximum atomic E-state index is 12.7. The van der Waals surface area contributed by atoms with Gasteiger partial charge in [0.2, 0.25) is 0 Å². The van der Waals surface area contributed by atoms with E-state index in [0.717, 1.165) is 0 Å². The summed E-state index contributed by atoms with van der Waals surface area (Å²) < 4.78 is 85.2. The molecule has 0 radical (unpaired) electrons. The van der Waals surface area contributed by atoms with E-state index in [0.29, 0.717) is 12.1 Å². The van der Waals surface area contributed by atoms with E-state index in [2.05, 4.69) is 0 Å². The third-order valence-electron chi connectivity index (χ3n) is 1.60. The third kappa shape index (κ3) is 2.40. The lowest BCUT2D eigenvalue weighted by atomic mass is 10.1. The fraction of sp³-hybridized carbons (Fsp3) is 0.250. The molecule has 0 amide bonds. The second-order valence-electron chi connectivity index (χ2n) is 2.66. The monoisotopic (exact) mass is 232 g/mol. The maximum Gasteiger partial charge on any atom is 0.419 e. The van der Waals surface area contributed by atoms with Crippen molar-refractivity contribution < 1.29 is 30.7 Å². The van der Waals surface area contributed by atoms with Crippen molar-refractivity contribution in [3.8, 4) is 0 Å². The van der Waals surface area contributed by atoms with Gasteiger partial charge < -0.3 is 0 Å². The molecule has 0 fully saturated rings. The molecule has 0 spiro atoms. The standard InChI is InChI=1S/C8H3F7/c9-5-3-1-2-4(7(10,11)12)6(5)8(13,14)15/h1-3H. The average molecular weight is 232 g/mol. The highest BCUT2D eigenvalue weighted by atomic mass is 19.4. The fourth-order valence-corrected chi connectivity index (χ4v) is 1.05. The van der Waals surface area contributed by atoms with Crippen LogP contribution in [0.3, 0.4) is 0 Å². The largest absolute Gasteiger partial charge is 0.419 e. The normalized spacial score (nSPS) is 13.0. The zero-order chi connectivity index (χ0) is 11.9. The molecule has 1 aromatic carbocycles. The molecule has 0 heterocycles. The average Bonchev–Trinajstić information content (AvgIpc) is 1.99. The fourth-order valence-electron chi connectivity index (χ4n) is 1.05. The number of benzene rings is 1. The Morgan fingerprint density at radius 3 is 1.67 bits per heavy atom. The quantitative estimate of drug-likeness (QED) is 0.595. The predicted molar refractivity (Wildman–Crippen MR) is 36.4 cm³/mol. The molecular weight excluding hydrogens is 229 g/mol. The van der Waals surface area contributed by atoms with Crippen LogP contribution < -0.4 is 0 Å². The van der Waals surface area contributed by atoms with Crippen molar-refractivity contribution in [3.63, 3.8) is 0 Å². The van der Waals surface area contributed by atoms with Gasteiger partial charge in [0.15, 0.2) is 0 Å². The molecule has 0 aromatic heterocycles. The summed E-state index contributed by atoms with van der Waals surface area (Å²) in [4.78, 5) is 0. The molecule has 0 nitrogen and oxygen atoms in total. The highest BCUT2D eigenvalue weighted by Gasteiger charge is 2.45. The number of alkyl halides is 6. The second-order valence-corrected chi connectivity index (χ2v) is 2.66. The lowest BCUT2D eigenvalue weighted by molar-refractivity contribution is -0.163. The highest BCUT2D eigenvalue weighted by Crippen LogP contribution is 2.41. The van der Waals surface area contributed by atoms with E-state index in [1.165, 1.54) is 0 Å². The van der Waals surface area contributed by atoms with Gasteiger partial charge in [-0.2, -0.15) is 26.3 Å². The molecule has 0 saturated heterocycles. The zero-order valence-corrected chi connectivity index (χ0v) is 6.88. The van der Waals surface area contributed by atoms with Gasteiger partial charge in [0.25, 0.3) is 0 Å². The first-order chi connectivity index (χ1) is 6.64. The minimum Gasteiger partial charge on any atom is -0.206 e. The Hall–Kier alpha value is -1.27. The molecule has 0 aliphatic rings. The molecule has 1 aromatic rings. The van der Waals surface area contributed by atoms with E-state index in [1.807, 2.05) is 0 Å². The topological polar surface area (TPSA) is 0 Å². The molecule has 0 aliphatic heterocycles. The minimum absolute atomic E-state index is 0.186. The first-order valence-electron chi connectivity index (χ1n) is 3.57. The van der Waals surface area contributed by atoms with Crippen molar-refractivity contribution >= 4 is 0 Å². The van der Waals surface area contributed by atoms with Crippen molar-refractivity contribution in [1.82, 2.24) is 0 Å². The molecule has 0 N–H and O–H groups in total.